The molecule has 2 aromatic rings. The number of amides is 1. The zero-order valence-electron chi connectivity index (χ0n) is 16.9. The van der Waals surface area contributed by atoms with Gasteiger partial charge >= 0.3 is 11.9 Å². The maximum absolute atomic E-state index is 12.0. The van der Waals surface area contributed by atoms with Crippen LogP contribution in [0.1, 0.15) is 36.8 Å². The number of benzene rings is 2. The van der Waals surface area contributed by atoms with Gasteiger partial charge in [-0.1, -0.05) is 60.7 Å². The first-order valence-corrected chi connectivity index (χ1v) is 9.97. The number of nitrogens with one attached hydrogen (secondary N) is 1. The summed E-state index contributed by atoms with van der Waals surface area (Å²) in [6.45, 7) is 0.740. The van der Waals surface area contributed by atoms with Gasteiger partial charge in [-0.25, -0.2) is 0 Å². The average molecular weight is 412 g/mol. The van der Waals surface area contributed by atoms with Crippen LogP contribution < -0.4 is 11.1 Å². The lowest BCUT2D eigenvalue weighted by Gasteiger charge is -2.12. The smallest absolute Gasteiger partial charge is 0.306 e. The summed E-state index contributed by atoms with van der Waals surface area (Å²) in [6, 6.07) is 18.0. The first kappa shape index (κ1) is 23.1. The van der Waals surface area contributed by atoms with Gasteiger partial charge in [0.15, 0.2) is 0 Å². The fourth-order valence-corrected chi connectivity index (χ4v) is 2.60. The molecule has 160 valence electrons. The summed E-state index contributed by atoms with van der Waals surface area (Å²) in [5.41, 5.74) is 7.64. The molecule has 0 aliphatic heterocycles. The highest BCUT2D eigenvalue weighted by Gasteiger charge is 2.15. The van der Waals surface area contributed by atoms with Gasteiger partial charge in [0.05, 0.1) is 6.04 Å². The Morgan fingerprint density at radius 2 is 1.30 bits per heavy atom. The minimum atomic E-state index is -0.806. The molecule has 0 aromatic heterocycles. The van der Waals surface area contributed by atoms with Crippen LogP contribution in [-0.4, -0.2) is 30.4 Å². The summed E-state index contributed by atoms with van der Waals surface area (Å²) < 4.78 is 10.3. The van der Waals surface area contributed by atoms with E-state index in [2.05, 4.69) is 5.32 Å². The van der Waals surface area contributed by atoms with E-state index in [4.69, 9.17) is 15.2 Å². The summed E-state index contributed by atoms with van der Waals surface area (Å²) in [5.74, 6) is -1.08. The third-order valence-corrected chi connectivity index (χ3v) is 4.34. The first-order valence-electron chi connectivity index (χ1n) is 9.97. The normalized spacial score (nSPS) is 11.4. The number of rotatable bonds is 12. The van der Waals surface area contributed by atoms with Crippen LogP contribution in [0.25, 0.3) is 0 Å². The maximum Gasteiger partial charge on any atom is 0.306 e. The standard InChI is InChI=1S/C23H28N2O5/c24-20(13-14-22(27)30-17-19-10-5-2-6-11-19)23(28)25-15-7-12-21(26)29-16-18-8-3-1-4-9-18/h1-6,8-11,20H,7,12-17,24H2,(H,25,28)/t20-/m0/s1. The molecule has 0 spiro atoms. The van der Waals surface area contributed by atoms with Crippen molar-refractivity contribution < 1.29 is 23.9 Å². The van der Waals surface area contributed by atoms with E-state index in [0.29, 0.717) is 13.0 Å². The van der Waals surface area contributed by atoms with Crippen LogP contribution in [0, 0.1) is 0 Å². The molecule has 7 heteroatoms. The summed E-state index contributed by atoms with van der Waals surface area (Å²) in [5, 5.41) is 2.67. The van der Waals surface area contributed by atoms with E-state index in [1.807, 2.05) is 60.7 Å². The molecule has 0 fully saturated rings. The minimum absolute atomic E-state index is 0.0627. The Morgan fingerprint density at radius 1 is 0.800 bits per heavy atom. The predicted octanol–water partition coefficient (Wildman–Crippen LogP) is 2.48. The van der Waals surface area contributed by atoms with Gasteiger partial charge in [0.1, 0.15) is 13.2 Å². The molecule has 1 atom stereocenters. The lowest BCUT2D eigenvalue weighted by atomic mass is 10.1. The minimum Gasteiger partial charge on any atom is -0.461 e. The van der Waals surface area contributed by atoms with E-state index in [0.717, 1.165) is 11.1 Å². The average Bonchev–Trinajstić information content (AvgIpc) is 2.78. The molecule has 2 rings (SSSR count). The van der Waals surface area contributed by atoms with Gasteiger partial charge in [0.2, 0.25) is 5.91 Å². The van der Waals surface area contributed by atoms with Crippen molar-refractivity contribution in [3.05, 3.63) is 71.8 Å². The molecule has 0 saturated carbocycles. The van der Waals surface area contributed by atoms with E-state index in [1.54, 1.807) is 0 Å². The third kappa shape index (κ3) is 9.34. The molecule has 2 aromatic carbocycles. The van der Waals surface area contributed by atoms with Gasteiger partial charge in [0, 0.05) is 19.4 Å². The van der Waals surface area contributed by atoms with Crippen LogP contribution in [0.15, 0.2) is 60.7 Å². The Morgan fingerprint density at radius 3 is 1.83 bits per heavy atom. The lowest BCUT2D eigenvalue weighted by molar-refractivity contribution is -0.146. The number of hydrogen-bond donors (Lipinski definition) is 2. The highest BCUT2D eigenvalue weighted by molar-refractivity contribution is 5.82. The van der Waals surface area contributed by atoms with Gasteiger partial charge in [-0.15, -0.1) is 0 Å². The number of nitrogens with two attached hydrogens (primary N) is 1. The molecule has 3 N–H and O–H groups in total. The van der Waals surface area contributed by atoms with E-state index in [9.17, 15) is 14.4 Å². The van der Waals surface area contributed by atoms with E-state index in [1.165, 1.54) is 0 Å². The predicted molar refractivity (Wildman–Crippen MR) is 112 cm³/mol. The Bertz CT molecular complexity index is 796. The molecular formula is C23H28N2O5. The number of ether oxygens (including phenoxy) is 2. The molecule has 30 heavy (non-hydrogen) atoms. The Labute approximate surface area is 176 Å². The molecule has 0 saturated heterocycles. The second kappa shape index (κ2) is 13.1. The van der Waals surface area contributed by atoms with Gasteiger partial charge in [-0.05, 0) is 24.0 Å². The Hall–Kier alpha value is -3.19. The quantitative estimate of drug-likeness (QED) is 0.410. The molecule has 0 aliphatic carbocycles. The van der Waals surface area contributed by atoms with Gasteiger partial charge in [-0.2, -0.15) is 0 Å². The van der Waals surface area contributed by atoms with Crippen LogP contribution in [0.3, 0.4) is 0 Å². The van der Waals surface area contributed by atoms with Gasteiger partial charge in [-0.3, -0.25) is 14.4 Å². The maximum atomic E-state index is 12.0. The number of carbonyl (C=O) groups is 3. The Balaban J connectivity index is 1.52. The number of esters is 2. The van der Waals surface area contributed by atoms with Crippen LogP contribution in [0.2, 0.25) is 0 Å². The van der Waals surface area contributed by atoms with Crippen molar-refractivity contribution in [2.45, 2.75) is 44.9 Å². The highest BCUT2D eigenvalue weighted by Crippen LogP contribution is 2.05. The zero-order valence-corrected chi connectivity index (χ0v) is 16.9. The monoisotopic (exact) mass is 412 g/mol. The third-order valence-electron chi connectivity index (χ3n) is 4.34. The molecule has 0 heterocycles. The fourth-order valence-electron chi connectivity index (χ4n) is 2.60. The molecule has 0 unspecified atom stereocenters. The summed E-state index contributed by atoms with van der Waals surface area (Å²) in [4.78, 5) is 35.5. The van der Waals surface area contributed by atoms with Crippen LogP contribution in [0.4, 0.5) is 0 Å². The second-order valence-corrected chi connectivity index (χ2v) is 6.83. The largest absolute Gasteiger partial charge is 0.461 e. The molecule has 1 amide bonds. The fraction of sp³-hybridized carbons (Fsp3) is 0.348. The van der Waals surface area contributed by atoms with Crippen molar-refractivity contribution in [1.82, 2.24) is 5.32 Å². The highest BCUT2D eigenvalue weighted by atomic mass is 16.5. The Kier molecular flexibility index (Phi) is 10.1. The van der Waals surface area contributed by atoms with Crippen molar-refractivity contribution in [2.75, 3.05) is 6.54 Å². The van der Waals surface area contributed by atoms with Gasteiger partial charge in [0.25, 0.3) is 0 Å². The molecular weight excluding hydrogens is 384 g/mol. The topological polar surface area (TPSA) is 108 Å². The van der Waals surface area contributed by atoms with Crippen molar-refractivity contribution in [3.63, 3.8) is 0 Å². The molecule has 7 nitrogen and oxygen atoms in total. The van der Waals surface area contributed by atoms with Crippen LogP contribution in [-0.2, 0) is 37.1 Å². The molecule has 0 bridgehead atoms. The van der Waals surface area contributed by atoms with E-state index < -0.39 is 12.0 Å². The first-order chi connectivity index (χ1) is 14.5. The summed E-state index contributed by atoms with van der Waals surface area (Å²) in [7, 11) is 0. The van der Waals surface area contributed by atoms with Crippen LogP contribution >= 0.6 is 0 Å². The number of hydrogen-bond acceptors (Lipinski definition) is 6. The van der Waals surface area contributed by atoms with E-state index in [-0.39, 0.29) is 44.4 Å². The van der Waals surface area contributed by atoms with Gasteiger partial charge < -0.3 is 20.5 Å². The van der Waals surface area contributed by atoms with Crippen LogP contribution in [0.5, 0.6) is 0 Å². The SMILES string of the molecule is N[C@@H](CCC(=O)OCc1ccccc1)C(=O)NCCCC(=O)OCc1ccccc1. The van der Waals surface area contributed by atoms with Crippen molar-refractivity contribution in [1.29, 1.82) is 0 Å². The molecule has 0 aliphatic rings. The van der Waals surface area contributed by atoms with Crippen molar-refractivity contribution in [2.24, 2.45) is 5.73 Å². The summed E-state index contributed by atoms with van der Waals surface area (Å²) in [6.07, 6.45) is 0.908. The van der Waals surface area contributed by atoms with Crippen molar-refractivity contribution in [3.8, 4) is 0 Å². The second-order valence-electron chi connectivity index (χ2n) is 6.83. The lowest BCUT2D eigenvalue weighted by Crippen LogP contribution is -2.41. The van der Waals surface area contributed by atoms with E-state index >= 15 is 0 Å². The number of carbonyl (C=O) groups excluding carboxylic acids is 3. The molecule has 0 radical (unpaired) electrons. The van der Waals surface area contributed by atoms with Crippen molar-refractivity contribution >= 4 is 17.8 Å². The zero-order chi connectivity index (χ0) is 21.6. The summed E-state index contributed by atoms with van der Waals surface area (Å²) >= 11 is 0.